The van der Waals surface area contributed by atoms with Crippen LogP contribution >= 0.6 is 27.5 Å². The van der Waals surface area contributed by atoms with Crippen molar-refractivity contribution in [1.29, 1.82) is 0 Å². The van der Waals surface area contributed by atoms with Gasteiger partial charge in [-0.1, -0.05) is 53.4 Å². The van der Waals surface area contributed by atoms with E-state index in [2.05, 4.69) is 52.3 Å². The van der Waals surface area contributed by atoms with Gasteiger partial charge in [-0.3, -0.25) is 0 Å². The van der Waals surface area contributed by atoms with E-state index in [1.165, 1.54) is 31.4 Å². The minimum Gasteiger partial charge on any atom is -0.313 e. The van der Waals surface area contributed by atoms with Gasteiger partial charge >= 0.3 is 0 Å². The topological polar surface area (TPSA) is 15.3 Å². The molecule has 0 saturated carbocycles. The first-order chi connectivity index (χ1) is 9.58. The standard InChI is InChI=1S/C16H26BrClN2/c1-4-5-6-10-20(3)11-9-16(19-2)14-8-7-13(17)12-15(14)18/h7-8,12,16,19H,4-6,9-11H2,1-3H3. The second-order valence-corrected chi connectivity index (χ2v) is 6.63. The first-order valence-corrected chi connectivity index (χ1v) is 8.56. The molecule has 114 valence electrons. The fourth-order valence-corrected chi connectivity index (χ4v) is 3.14. The first kappa shape index (κ1) is 18.0. The summed E-state index contributed by atoms with van der Waals surface area (Å²) in [5.74, 6) is 0. The Morgan fingerprint density at radius 3 is 2.65 bits per heavy atom. The molecule has 20 heavy (non-hydrogen) atoms. The van der Waals surface area contributed by atoms with Gasteiger partial charge in [0.25, 0.3) is 0 Å². The summed E-state index contributed by atoms with van der Waals surface area (Å²) in [6.45, 7) is 4.51. The van der Waals surface area contributed by atoms with Crippen LogP contribution < -0.4 is 5.32 Å². The van der Waals surface area contributed by atoms with E-state index in [4.69, 9.17) is 11.6 Å². The maximum atomic E-state index is 6.34. The Bertz CT molecular complexity index is 398. The number of hydrogen-bond acceptors (Lipinski definition) is 2. The number of unbranched alkanes of at least 4 members (excludes halogenated alkanes) is 2. The highest BCUT2D eigenvalue weighted by Gasteiger charge is 2.13. The fraction of sp³-hybridized carbons (Fsp3) is 0.625. The van der Waals surface area contributed by atoms with Gasteiger partial charge in [0.1, 0.15) is 0 Å². The molecule has 0 radical (unpaired) electrons. The van der Waals surface area contributed by atoms with E-state index in [0.29, 0.717) is 6.04 Å². The molecule has 0 amide bonds. The summed E-state index contributed by atoms with van der Waals surface area (Å²) in [5.41, 5.74) is 1.18. The van der Waals surface area contributed by atoms with Gasteiger partial charge in [-0.25, -0.2) is 0 Å². The Labute approximate surface area is 137 Å². The van der Waals surface area contributed by atoms with Crippen LogP contribution in [0.3, 0.4) is 0 Å². The molecule has 1 aromatic carbocycles. The SMILES string of the molecule is CCCCCN(C)CCC(NC)c1ccc(Br)cc1Cl. The minimum absolute atomic E-state index is 0.309. The van der Waals surface area contributed by atoms with Gasteiger partial charge < -0.3 is 10.2 Å². The molecule has 0 aliphatic rings. The van der Waals surface area contributed by atoms with Crippen molar-refractivity contribution in [2.24, 2.45) is 0 Å². The predicted octanol–water partition coefficient (Wildman–Crippen LogP) is 4.88. The zero-order valence-corrected chi connectivity index (χ0v) is 15.1. The number of benzene rings is 1. The molecule has 4 heteroatoms. The van der Waals surface area contributed by atoms with E-state index in [9.17, 15) is 0 Å². The van der Waals surface area contributed by atoms with Gasteiger partial charge in [-0.15, -0.1) is 0 Å². The third-order valence-electron chi connectivity index (χ3n) is 3.63. The van der Waals surface area contributed by atoms with Gasteiger partial charge in [-0.05, 0) is 57.7 Å². The quantitative estimate of drug-likeness (QED) is 0.631. The third-order valence-corrected chi connectivity index (χ3v) is 4.45. The van der Waals surface area contributed by atoms with Gasteiger partial charge in [0.2, 0.25) is 0 Å². The summed E-state index contributed by atoms with van der Waals surface area (Å²) in [6, 6.07) is 6.43. The fourth-order valence-electron chi connectivity index (χ4n) is 2.33. The van der Waals surface area contributed by atoms with Crippen LogP contribution in [-0.4, -0.2) is 32.1 Å². The predicted molar refractivity (Wildman–Crippen MR) is 92.6 cm³/mol. The molecular formula is C16H26BrClN2. The molecule has 0 bridgehead atoms. The first-order valence-electron chi connectivity index (χ1n) is 7.39. The van der Waals surface area contributed by atoms with Crippen molar-refractivity contribution in [3.63, 3.8) is 0 Å². The lowest BCUT2D eigenvalue weighted by Gasteiger charge is -2.22. The van der Waals surface area contributed by atoms with E-state index in [1.54, 1.807) is 0 Å². The van der Waals surface area contributed by atoms with Crippen molar-refractivity contribution in [2.75, 3.05) is 27.2 Å². The molecule has 0 aromatic heterocycles. The van der Waals surface area contributed by atoms with Crippen molar-refractivity contribution < 1.29 is 0 Å². The lowest BCUT2D eigenvalue weighted by atomic mass is 10.0. The summed E-state index contributed by atoms with van der Waals surface area (Å²) in [5, 5.41) is 4.20. The van der Waals surface area contributed by atoms with Crippen LogP contribution in [0.5, 0.6) is 0 Å². The number of rotatable bonds is 9. The zero-order chi connectivity index (χ0) is 15.0. The average Bonchev–Trinajstić information content (AvgIpc) is 2.41. The molecule has 1 unspecified atom stereocenters. The third kappa shape index (κ3) is 6.13. The smallest absolute Gasteiger partial charge is 0.0465 e. The minimum atomic E-state index is 0.309. The largest absolute Gasteiger partial charge is 0.313 e. The summed E-state index contributed by atoms with van der Waals surface area (Å²) >= 11 is 9.79. The normalized spacial score (nSPS) is 12.9. The molecule has 1 aromatic rings. The van der Waals surface area contributed by atoms with E-state index in [-0.39, 0.29) is 0 Å². The molecule has 0 aliphatic carbocycles. The molecule has 0 aliphatic heterocycles. The summed E-state index contributed by atoms with van der Waals surface area (Å²) in [7, 11) is 4.20. The second-order valence-electron chi connectivity index (χ2n) is 5.31. The summed E-state index contributed by atoms with van der Waals surface area (Å²) in [6.07, 6.45) is 4.95. The summed E-state index contributed by atoms with van der Waals surface area (Å²) < 4.78 is 1.03. The van der Waals surface area contributed by atoms with E-state index in [1.807, 2.05) is 13.1 Å². The Morgan fingerprint density at radius 2 is 2.05 bits per heavy atom. The van der Waals surface area contributed by atoms with Crippen molar-refractivity contribution in [2.45, 2.75) is 38.6 Å². The van der Waals surface area contributed by atoms with Crippen LogP contribution in [0, 0.1) is 0 Å². The van der Waals surface area contributed by atoms with Crippen LogP contribution in [0.4, 0.5) is 0 Å². The molecule has 1 atom stereocenters. The molecule has 0 saturated heterocycles. The highest BCUT2D eigenvalue weighted by atomic mass is 79.9. The molecule has 0 spiro atoms. The van der Waals surface area contributed by atoms with Crippen molar-refractivity contribution in [3.8, 4) is 0 Å². The van der Waals surface area contributed by atoms with Gasteiger partial charge in [0.05, 0.1) is 0 Å². The van der Waals surface area contributed by atoms with Gasteiger partial charge in [0.15, 0.2) is 0 Å². The van der Waals surface area contributed by atoms with E-state index >= 15 is 0 Å². The maximum Gasteiger partial charge on any atom is 0.0465 e. The van der Waals surface area contributed by atoms with Gasteiger partial charge in [0, 0.05) is 15.5 Å². The summed E-state index contributed by atoms with van der Waals surface area (Å²) in [4.78, 5) is 2.41. The molecule has 0 heterocycles. The van der Waals surface area contributed by atoms with E-state index in [0.717, 1.165) is 22.5 Å². The number of halogens is 2. The lowest BCUT2D eigenvalue weighted by molar-refractivity contribution is 0.304. The van der Waals surface area contributed by atoms with E-state index < -0.39 is 0 Å². The van der Waals surface area contributed by atoms with Crippen LogP contribution in [0.2, 0.25) is 5.02 Å². The van der Waals surface area contributed by atoms with Crippen LogP contribution in [0.25, 0.3) is 0 Å². The molecule has 1 rings (SSSR count). The molecule has 1 N–H and O–H groups in total. The Hall–Kier alpha value is -0.0900. The Morgan fingerprint density at radius 1 is 1.30 bits per heavy atom. The van der Waals surface area contributed by atoms with Crippen molar-refractivity contribution in [1.82, 2.24) is 10.2 Å². The molecular weight excluding hydrogens is 336 g/mol. The van der Waals surface area contributed by atoms with Crippen LogP contribution in [0.1, 0.15) is 44.2 Å². The zero-order valence-electron chi connectivity index (χ0n) is 12.8. The Balaban J connectivity index is 2.50. The Kier molecular flexibility index (Phi) is 8.78. The highest BCUT2D eigenvalue weighted by molar-refractivity contribution is 9.10. The average molecular weight is 362 g/mol. The molecule has 2 nitrogen and oxygen atoms in total. The van der Waals surface area contributed by atoms with Crippen LogP contribution in [-0.2, 0) is 0 Å². The van der Waals surface area contributed by atoms with Crippen molar-refractivity contribution in [3.05, 3.63) is 33.3 Å². The van der Waals surface area contributed by atoms with Gasteiger partial charge in [-0.2, -0.15) is 0 Å². The molecule has 0 fully saturated rings. The highest BCUT2D eigenvalue weighted by Crippen LogP contribution is 2.28. The maximum absolute atomic E-state index is 6.34. The second kappa shape index (κ2) is 9.78. The lowest BCUT2D eigenvalue weighted by Crippen LogP contribution is -2.26. The number of nitrogens with one attached hydrogen (secondary N) is 1. The number of nitrogens with zero attached hydrogens (tertiary/aromatic N) is 1. The van der Waals surface area contributed by atoms with Crippen LogP contribution in [0.15, 0.2) is 22.7 Å². The van der Waals surface area contributed by atoms with Crippen molar-refractivity contribution >= 4 is 27.5 Å². The monoisotopic (exact) mass is 360 g/mol. The number of hydrogen-bond donors (Lipinski definition) is 1.